The summed E-state index contributed by atoms with van der Waals surface area (Å²) in [7, 11) is -3.38. The van der Waals surface area contributed by atoms with Crippen LogP contribution in [0, 0.1) is 5.41 Å². The summed E-state index contributed by atoms with van der Waals surface area (Å²) >= 11 is 6.10. The van der Waals surface area contributed by atoms with Crippen molar-refractivity contribution in [2.24, 2.45) is 5.41 Å². The maximum Gasteiger partial charge on any atom is 0.323 e. The van der Waals surface area contributed by atoms with E-state index in [2.05, 4.69) is 5.09 Å². The average molecular weight is 376 g/mol. The average Bonchev–Trinajstić information content (AvgIpc) is 2.38. The maximum absolute atomic E-state index is 13.4. The van der Waals surface area contributed by atoms with Gasteiger partial charge in [0.25, 0.3) is 0 Å². The van der Waals surface area contributed by atoms with Gasteiger partial charge in [0.15, 0.2) is 0 Å². The zero-order valence-corrected chi connectivity index (χ0v) is 16.8. The smallest absolute Gasteiger partial charge is 0.323 e. The Kier molecular flexibility index (Phi) is 7.33. The summed E-state index contributed by atoms with van der Waals surface area (Å²) < 4.78 is 24.2. The second kappa shape index (κ2) is 8.37. The SMILES string of the molecule is CC(C)OC(=O)[C@H](C)NP(=O)(CC(C)(C)C)Oc1ccccc1Cl. The standard InChI is InChI=1S/C17H27ClNO4P/c1-12(2)22-16(20)13(3)19-24(21,11-17(4,5)6)23-15-10-8-7-9-14(15)18/h7-10,12-13H,11H2,1-6H3,(H,19,21)/t13-,24?/m0/s1. The third kappa shape index (κ3) is 7.25. The van der Waals surface area contributed by atoms with Gasteiger partial charge in [0.1, 0.15) is 11.8 Å². The van der Waals surface area contributed by atoms with Crippen LogP contribution in [0.4, 0.5) is 0 Å². The van der Waals surface area contributed by atoms with Gasteiger partial charge in [-0.15, -0.1) is 0 Å². The lowest BCUT2D eigenvalue weighted by Gasteiger charge is -2.29. The molecule has 1 aromatic carbocycles. The van der Waals surface area contributed by atoms with E-state index in [1.54, 1.807) is 45.0 Å². The number of para-hydroxylation sites is 1. The summed E-state index contributed by atoms with van der Waals surface area (Å²) in [5.41, 5.74) is -0.272. The molecule has 0 aliphatic heterocycles. The van der Waals surface area contributed by atoms with Crippen LogP contribution in [0.1, 0.15) is 41.5 Å². The van der Waals surface area contributed by atoms with Gasteiger partial charge in [-0.05, 0) is 38.3 Å². The molecule has 0 fully saturated rings. The molecule has 0 radical (unpaired) electrons. The molecule has 0 aromatic heterocycles. The van der Waals surface area contributed by atoms with Gasteiger partial charge < -0.3 is 9.26 Å². The van der Waals surface area contributed by atoms with Crippen molar-refractivity contribution in [2.75, 3.05) is 6.16 Å². The van der Waals surface area contributed by atoms with Crippen LogP contribution in [0.5, 0.6) is 5.75 Å². The molecule has 1 aromatic rings. The number of hydrogen-bond acceptors (Lipinski definition) is 4. The highest BCUT2D eigenvalue weighted by molar-refractivity contribution is 7.57. The van der Waals surface area contributed by atoms with E-state index in [4.69, 9.17) is 20.9 Å². The highest BCUT2D eigenvalue weighted by Crippen LogP contribution is 2.49. The van der Waals surface area contributed by atoms with Crippen LogP contribution in [0.3, 0.4) is 0 Å². The number of rotatable bonds is 7. The molecule has 5 nitrogen and oxygen atoms in total. The Morgan fingerprint density at radius 3 is 2.33 bits per heavy atom. The van der Waals surface area contributed by atoms with Crippen LogP contribution in [0.2, 0.25) is 5.02 Å². The molecule has 1 rings (SSSR count). The van der Waals surface area contributed by atoms with Gasteiger partial charge in [-0.1, -0.05) is 44.5 Å². The van der Waals surface area contributed by atoms with E-state index in [0.717, 1.165) is 0 Å². The van der Waals surface area contributed by atoms with E-state index in [1.807, 2.05) is 20.8 Å². The van der Waals surface area contributed by atoms with E-state index in [9.17, 15) is 9.36 Å². The molecular formula is C17H27ClNO4P. The molecule has 1 unspecified atom stereocenters. The minimum atomic E-state index is -3.38. The number of ether oxygens (including phenoxy) is 1. The number of carbonyl (C=O) groups is 1. The molecule has 1 N–H and O–H groups in total. The summed E-state index contributed by atoms with van der Waals surface area (Å²) in [5.74, 6) is -0.148. The van der Waals surface area contributed by atoms with Crippen LogP contribution in [-0.4, -0.2) is 24.3 Å². The minimum absolute atomic E-state index is 0.241. The first kappa shape index (κ1) is 21.0. The molecule has 0 heterocycles. The van der Waals surface area contributed by atoms with Crippen molar-refractivity contribution >= 4 is 25.1 Å². The summed E-state index contributed by atoms with van der Waals surface area (Å²) in [5, 5.41) is 3.20. The fraction of sp³-hybridized carbons (Fsp3) is 0.588. The van der Waals surface area contributed by atoms with Crippen molar-refractivity contribution in [3.05, 3.63) is 29.3 Å². The van der Waals surface area contributed by atoms with E-state index in [0.29, 0.717) is 10.8 Å². The lowest BCUT2D eigenvalue weighted by molar-refractivity contribution is -0.149. The Morgan fingerprint density at radius 2 is 1.83 bits per heavy atom. The Morgan fingerprint density at radius 1 is 1.25 bits per heavy atom. The lowest BCUT2D eigenvalue weighted by atomic mass is 10.0. The van der Waals surface area contributed by atoms with Crippen molar-refractivity contribution < 1.29 is 18.6 Å². The molecule has 0 spiro atoms. The summed E-state index contributed by atoms with van der Waals surface area (Å²) in [4.78, 5) is 12.0. The highest BCUT2D eigenvalue weighted by atomic mass is 35.5. The van der Waals surface area contributed by atoms with Crippen molar-refractivity contribution in [1.29, 1.82) is 0 Å². The van der Waals surface area contributed by atoms with Gasteiger partial charge in [-0.25, -0.2) is 5.09 Å². The van der Waals surface area contributed by atoms with Crippen molar-refractivity contribution in [2.45, 2.75) is 53.7 Å². The molecular weight excluding hydrogens is 349 g/mol. The lowest BCUT2D eigenvalue weighted by Crippen LogP contribution is -2.37. The van der Waals surface area contributed by atoms with Gasteiger partial charge in [0, 0.05) is 0 Å². The van der Waals surface area contributed by atoms with Crippen LogP contribution in [0.15, 0.2) is 24.3 Å². The molecule has 0 aliphatic rings. The third-order valence-corrected chi connectivity index (χ3v) is 5.81. The van der Waals surface area contributed by atoms with Crippen LogP contribution in [-0.2, 0) is 14.1 Å². The molecule has 24 heavy (non-hydrogen) atoms. The summed E-state index contributed by atoms with van der Waals surface area (Å²) in [6.45, 7) is 11.0. The molecule has 0 aliphatic carbocycles. The summed E-state index contributed by atoms with van der Waals surface area (Å²) in [6, 6.07) is 6.06. The maximum atomic E-state index is 13.4. The number of esters is 1. The topological polar surface area (TPSA) is 64.6 Å². The first-order valence-electron chi connectivity index (χ1n) is 7.93. The monoisotopic (exact) mass is 375 g/mol. The Labute approximate surface area is 149 Å². The summed E-state index contributed by atoms with van der Waals surface area (Å²) in [6.07, 6.45) is -0.00178. The van der Waals surface area contributed by atoms with Crippen molar-refractivity contribution in [1.82, 2.24) is 5.09 Å². The first-order valence-corrected chi connectivity index (χ1v) is 10.1. The van der Waals surface area contributed by atoms with E-state index >= 15 is 0 Å². The largest absolute Gasteiger partial charge is 0.462 e. The fourth-order valence-corrected chi connectivity index (χ4v) is 4.95. The fourth-order valence-electron chi connectivity index (χ4n) is 2.09. The molecule has 0 saturated carbocycles. The molecule has 0 amide bonds. The Bertz CT molecular complexity index is 613. The predicted octanol–water partition coefficient (Wildman–Crippen LogP) is 4.89. The molecule has 2 atom stereocenters. The van der Waals surface area contributed by atoms with Crippen molar-refractivity contribution in [3.63, 3.8) is 0 Å². The van der Waals surface area contributed by atoms with Crippen molar-refractivity contribution in [3.8, 4) is 5.75 Å². The normalized spacial score (nSPS) is 15.7. The van der Waals surface area contributed by atoms with E-state index in [-0.39, 0.29) is 17.7 Å². The molecule has 136 valence electrons. The highest BCUT2D eigenvalue weighted by Gasteiger charge is 2.35. The number of halogens is 1. The van der Waals surface area contributed by atoms with Gasteiger partial charge in [0.2, 0.25) is 0 Å². The van der Waals surface area contributed by atoms with Gasteiger partial charge in [-0.2, -0.15) is 0 Å². The van der Waals surface area contributed by atoms with Crippen LogP contribution in [0.25, 0.3) is 0 Å². The predicted molar refractivity (Wildman–Crippen MR) is 97.8 cm³/mol. The second-order valence-corrected chi connectivity index (χ2v) is 9.76. The minimum Gasteiger partial charge on any atom is -0.462 e. The number of nitrogens with one attached hydrogen (secondary N) is 1. The number of carbonyl (C=O) groups excluding carboxylic acids is 1. The van der Waals surface area contributed by atoms with Crippen LogP contribution >= 0.6 is 19.1 Å². The zero-order valence-electron chi connectivity index (χ0n) is 15.1. The van der Waals surface area contributed by atoms with Gasteiger partial charge >= 0.3 is 13.5 Å². The molecule has 7 heteroatoms. The molecule has 0 bridgehead atoms. The molecule has 0 saturated heterocycles. The number of benzene rings is 1. The van der Waals surface area contributed by atoms with E-state index in [1.165, 1.54) is 0 Å². The van der Waals surface area contributed by atoms with Gasteiger partial charge in [0.05, 0.1) is 17.3 Å². The zero-order chi connectivity index (χ0) is 18.5. The first-order chi connectivity index (χ1) is 10.9. The second-order valence-electron chi connectivity index (χ2n) is 7.25. The van der Waals surface area contributed by atoms with Gasteiger partial charge in [-0.3, -0.25) is 9.36 Å². The number of hydrogen-bond donors (Lipinski definition) is 1. The Balaban J connectivity index is 3.00. The quantitative estimate of drug-likeness (QED) is 0.543. The van der Waals surface area contributed by atoms with E-state index < -0.39 is 19.5 Å². The van der Waals surface area contributed by atoms with Crippen LogP contribution < -0.4 is 9.61 Å². The Hall–Kier alpha value is -1.03. The third-order valence-electron chi connectivity index (χ3n) is 2.86.